The third-order valence-corrected chi connectivity index (χ3v) is 2.76. The van der Waals surface area contributed by atoms with Gasteiger partial charge >= 0.3 is 0 Å². The van der Waals surface area contributed by atoms with Crippen molar-refractivity contribution in [1.82, 2.24) is 0 Å². The molecule has 0 aliphatic heterocycles. The first kappa shape index (κ1) is 9.52. The summed E-state index contributed by atoms with van der Waals surface area (Å²) >= 11 is 3.31. The summed E-state index contributed by atoms with van der Waals surface area (Å²) in [5.74, 6) is 0.146. The van der Waals surface area contributed by atoms with Crippen LogP contribution < -0.4 is 4.90 Å². The van der Waals surface area contributed by atoms with Gasteiger partial charge in [0.25, 0.3) is 0 Å². The molecule has 1 N–H and O–H groups in total. The van der Waals surface area contributed by atoms with Gasteiger partial charge in [-0.2, -0.15) is 0 Å². The van der Waals surface area contributed by atoms with Crippen molar-refractivity contribution in [3.05, 3.63) is 22.7 Å². The number of carbonyl (C=O) groups is 1. The molecular weight excluding hydrogens is 246 g/mol. The second kappa shape index (κ2) is 3.61. The Kier molecular flexibility index (Phi) is 2.46. The zero-order valence-electron chi connectivity index (χ0n) is 7.48. The van der Waals surface area contributed by atoms with Gasteiger partial charge in [-0.15, -0.1) is 0 Å². The molecule has 0 unspecified atom stereocenters. The van der Waals surface area contributed by atoms with Crippen LogP contribution in [0.4, 0.5) is 5.69 Å². The highest BCUT2D eigenvalue weighted by Crippen LogP contribution is 2.36. The minimum absolute atomic E-state index is 0.146. The van der Waals surface area contributed by atoms with E-state index in [4.69, 9.17) is 0 Å². The largest absolute Gasteiger partial charge is 0.506 e. The molecule has 0 bridgehead atoms. The molecule has 3 nitrogen and oxygen atoms in total. The lowest BCUT2D eigenvalue weighted by molar-refractivity contribution is -0.107. The number of phenolic OH excluding ortho intramolecular Hbond substituents is 1. The lowest BCUT2D eigenvalue weighted by atomic mass is 10.2. The van der Waals surface area contributed by atoms with Crippen molar-refractivity contribution in [3.63, 3.8) is 0 Å². The highest BCUT2D eigenvalue weighted by Gasteiger charge is 2.30. The molecule has 1 aliphatic rings. The normalized spacial score (nSPS) is 15.2. The number of hydrogen-bond donors (Lipinski definition) is 1. The average molecular weight is 256 g/mol. The van der Waals surface area contributed by atoms with Gasteiger partial charge in [0.2, 0.25) is 6.41 Å². The molecule has 0 aromatic heterocycles. The zero-order valence-corrected chi connectivity index (χ0v) is 9.07. The van der Waals surface area contributed by atoms with E-state index in [1.54, 1.807) is 23.1 Å². The topological polar surface area (TPSA) is 40.5 Å². The lowest BCUT2D eigenvalue weighted by Gasteiger charge is -2.17. The fourth-order valence-electron chi connectivity index (χ4n) is 1.40. The van der Waals surface area contributed by atoms with Crippen LogP contribution in [0.1, 0.15) is 12.8 Å². The fourth-order valence-corrected chi connectivity index (χ4v) is 1.74. The maximum absolute atomic E-state index is 10.8. The lowest BCUT2D eigenvalue weighted by Crippen LogP contribution is -2.23. The SMILES string of the molecule is O=CN(c1cc(Br)ccc1O)C1CC1. The molecule has 2 rings (SSSR count). The summed E-state index contributed by atoms with van der Waals surface area (Å²) in [5, 5.41) is 9.59. The maximum atomic E-state index is 10.8. The third-order valence-electron chi connectivity index (χ3n) is 2.27. The number of carbonyl (C=O) groups excluding carboxylic acids is 1. The van der Waals surface area contributed by atoms with Gasteiger partial charge < -0.3 is 10.0 Å². The van der Waals surface area contributed by atoms with E-state index in [1.807, 2.05) is 0 Å². The van der Waals surface area contributed by atoms with Crippen molar-refractivity contribution in [1.29, 1.82) is 0 Å². The molecule has 1 aromatic carbocycles. The van der Waals surface area contributed by atoms with Gasteiger partial charge in [-0.25, -0.2) is 0 Å². The molecule has 4 heteroatoms. The van der Waals surface area contributed by atoms with E-state index in [-0.39, 0.29) is 11.8 Å². The van der Waals surface area contributed by atoms with Crippen LogP contribution in [0.5, 0.6) is 5.75 Å². The minimum Gasteiger partial charge on any atom is -0.506 e. The highest BCUT2D eigenvalue weighted by molar-refractivity contribution is 9.10. The van der Waals surface area contributed by atoms with E-state index in [1.165, 1.54) is 0 Å². The van der Waals surface area contributed by atoms with Crippen LogP contribution in [0.25, 0.3) is 0 Å². The number of hydrogen-bond acceptors (Lipinski definition) is 2. The van der Waals surface area contributed by atoms with Crippen molar-refractivity contribution in [2.24, 2.45) is 0 Å². The Balaban J connectivity index is 2.36. The van der Waals surface area contributed by atoms with Gasteiger partial charge in [-0.05, 0) is 31.0 Å². The van der Waals surface area contributed by atoms with Crippen molar-refractivity contribution >= 4 is 28.0 Å². The van der Waals surface area contributed by atoms with Gasteiger partial charge in [-0.1, -0.05) is 15.9 Å². The number of halogens is 1. The summed E-state index contributed by atoms with van der Waals surface area (Å²) in [6, 6.07) is 5.35. The van der Waals surface area contributed by atoms with Crippen LogP contribution in [-0.4, -0.2) is 17.6 Å². The number of anilines is 1. The second-order valence-corrected chi connectivity index (χ2v) is 4.29. The van der Waals surface area contributed by atoms with Gasteiger partial charge in [0, 0.05) is 10.5 Å². The van der Waals surface area contributed by atoms with E-state index in [2.05, 4.69) is 15.9 Å². The predicted octanol–water partition coefficient (Wildman–Crippen LogP) is 2.28. The summed E-state index contributed by atoms with van der Waals surface area (Å²) in [7, 11) is 0. The average Bonchev–Trinajstić information content (AvgIpc) is 2.96. The third kappa shape index (κ3) is 1.75. The molecule has 0 spiro atoms. The number of phenols is 1. The van der Waals surface area contributed by atoms with E-state index < -0.39 is 0 Å². The molecule has 1 aromatic rings. The van der Waals surface area contributed by atoms with Crippen LogP contribution in [0.15, 0.2) is 22.7 Å². The van der Waals surface area contributed by atoms with E-state index >= 15 is 0 Å². The first-order valence-corrected chi connectivity index (χ1v) is 5.24. The Morgan fingerprint density at radius 3 is 2.79 bits per heavy atom. The highest BCUT2D eigenvalue weighted by atomic mass is 79.9. The number of benzene rings is 1. The van der Waals surface area contributed by atoms with Gasteiger partial charge in [-0.3, -0.25) is 4.79 Å². The fraction of sp³-hybridized carbons (Fsp3) is 0.300. The van der Waals surface area contributed by atoms with Crippen molar-refractivity contribution in [3.8, 4) is 5.75 Å². The van der Waals surface area contributed by atoms with Crippen LogP contribution in [-0.2, 0) is 4.79 Å². The number of amides is 1. The molecule has 74 valence electrons. The van der Waals surface area contributed by atoms with E-state index in [9.17, 15) is 9.90 Å². The van der Waals surface area contributed by atoms with E-state index in [0.29, 0.717) is 5.69 Å². The quantitative estimate of drug-likeness (QED) is 0.843. The van der Waals surface area contributed by atoms with Crippen molar-refractivity contribution < 1.29 is 9.90 Å². The molecule has 1 amide bonds. The van der Waals surface area contributed by atoms with E-state index in [0.717, 1.165) is 23.7 Å². The molecule has 0 heterocycles. The molecule has 1 saturated carbocycles. The Labute approximate surface area is 90.5 Å². The van der Waals surface area contributed by atoms with Crippen molar-refractivity contribution in [2.75, 3.05) is 4.90 Å². The summed E-state index contributed by atoms with van der Waals surface area (Å²) in [6.07, 6.45) is 2.81. The number of aromatic hydroxyl groups is 1. The Hall–Kier alpha value is -1.03. The van der Waals surface area contributed by atoms with Gasteiger partial charge in [0.1, 0.15) is 5.75 Å². The van der Waals surface area contributed by atoms with Crippen molar-refractivity contribution in [2.45, 2.75) is 18.9 Å². The van der Waals surface area contributed by atoms with Crippen LogP contribution in [0.3, 0.4) is 0 Å². The summed E-state index contributed by atoms with van der Waals surface area (Å²) in [5.41, 5.74) is 0.580. The second-order valence-electron chi connectivity index (χ2n) is 3.38. The maximum Gasteiger partial charge on any atom is 0.214 e. The van der Waals surface area contributed by atoms with Crippen LogP contribution in [0, 0.1) is 0 Å². The van der Waals surface area contributed by atoms with Gasteiger partial charge in [0.05, 0.1) is 5.69 Å². The molecule has 0 radical (unpaired) electrons. The van der Waals surface area contributed by atoms with Crippen LogP contribution in [0.2, 0.25) is 0 Å². The molecule has 1 fully saturated rings. The molecule has 0 atom stereocenters. The van der Waals surface area contributed by atoms with Gasteiger partial charge in [0.15, 0.2) is 0 Å². The molecule has 14 heavy (non-hydrogen) atoms. The number of rotatable bonds is 3. The summed E-state index contributed by atoms with van der Waals surface area (Å²) in [6.45, 7) is 0. The standard InChI is InChI=1S/C10H10BrNO2/c11-7-1-4-10(14)9(5-7)12(6-13)8-2-3-8/h1,4-6,8,14H,2-3H2. The Morgan fingerprint density at radius 1 is 1.50 bits per heavy atom. The minimum atomic E-state index is 0.146. The molecular formula is C10H10BrNO2. The first-order chi connectivity index (χ1) is 6.72. The monoisotopic (exact) mass is 255 g/mol. The Morgan fingerprint density at radius 2 is 2.21 bits per heavy atom. The smallest absolute Gasteiger partial charge is 0.214 e. The molecule has 0 saturated heterocycles. The molecule has 1 aliphatic carbocycles. The predicted molar refractivity (Wildman–Crippen MR) is 57.4 cm³/mol. The summed E-state index contributed by atoms with van der Waals surface area (Å²) < 4.78 is 0.859. The summed E-state index contributed by atoms with van der Waals surface area (Å²) in [4.78, 5) is 12.4. The zero-order chi connectivity index (χ0) is 10.1. The first-order valence-electron chi connectivity index (χ1n) is 4.44. The Bertz CT molecular complexity index is 363. The number of nitrogens with zero attached hydrogens (tertiary/aromatic N) is 1. The van der Waals surface area contributed by atoms with Crippen LogP contribution >= 0.6 is 15.9 Å².